The van der Waals surface area contributed by atoms with Crippen LogP contribution in [0.2, 0.25) is 0 Å². The molecule has 1 atom stereocenters. The number of rotatable bonds is 3. The molecule has 2 N–H and O–H groups in total. The summed E-state index contributed by atoms with van der Waals surface area (Å²) in [6.07, 6.45) is -4.76. The van der Waals surface area contributed by atoms with E-state index in [4.69, 9.17) is 5.73 Å². The number of hydrogen-bond acceptors (Lipinski definition) is 2. The summed E-state index contributed by atoms with van der Waals surface area (Å²) in [7, 11) is 0. The molecule has 0 bridgehead atoms. The Kier molecular flexibility index (Phi) is 4.18. The van der Waals surface area contributed by atoms with Crippen LogP contribution in [0.3, 0.4) is 0 Å². The van der Waals surface area contributed by atoms with Gasteiger partial charge < -0.3 is 10.5 Å². The second-order valence-corrected chi connectivity index (χ2v) is 4.60. The number of ether oxygens (including phenoxy) is 1. The van der Waals surface area contributed by atoms with E-state index in [0.29, 0.717) is 16.7 Å². The second-order valence-electron chi connectivity index (χ2n) is 4.60. The molecule has 0 saturated carbocycles. The van der Waals surface area contributed by atoms with Crippen molar-refractivity contribution in [3.05, 3.63) is 65.0 Å². The molecule has 2 rings (SSSR count). The number of aryl methyl sites for hydroxylation is 1. The smallest absolute Gasteiger partial charge is 0.406 e. The fourth-order valence-corrected chi connectivity index (χ4v) is 2.07. The van der Waals surface area contributed by atoms with E-state index in [9.17, 15) is 17.6 Å². The van der Waals surface area contributed by atoms with Crippen molar-refractivity contribution in [3.63, 3.8) is 0 Å². The Morgan fingerprint density at radius 3 is 2.43 bits per heavy atom. The number of halogens is 4. The van der Waals surface area contributed by atoms with E-state index in [1.165, 1.54) is 36.4 Å². The lowest BCUT2D eigenvalue weighted by atomic mass is 9.95. The van der Waals surface area contributed by atoms with Crippen LogP contribution in [0.5, 0.6) is 5.75 Å². The summed E-state index contributed by atoms with van der Waals surface area (Å²) in [5.41, 5.74) is 7.76. The minimum absolute atomic E-state index is 0.338. The Bertz CT molecular complexity index is 640. The van der Waals surface area contributed by atoms with Gasteiger partial charge in [0.05, 0.1) is 6.04 Å². The van der Waals surface area contributed by atoms with Gasteiger partial charge in [0.15, 0.2) is 0 Å². The van der Waals surface area contributed by atoms with Crippen molar-refractivity contribution in [2.24, 2.45) is 5.73 Å². The average Bonchev–Trinajstić information content (AvgIpc) is 2.36. The predicted octanol–water partition coefficient (Wildman–Crippen LogP) is 4.08. The van der Waals surface area contributed by atoms with E-state index in [-0.39, 0.29) is 5.75 Å². The van der Waals surface area contributed by atoms with Gasteiger partial charge in [0.25, 0.3) is 0 Å². The highest BCUT2D eigenvalue weighted by Gasteiger charge is 2.31. The Labute approximate surface area is 119 Å². The molecule has 0 aliphatic carbocycles. The van der Waals surface area contributed by atoms with Gasteiger partial charge in [-0.2, -0.15) is 0 Å². The molecule has 2 nitrogen and oxygen atoms in total. The van der Waals surface area contributed by atoms with Gasteiger partial charge in [-0.1, -0.05) is 18.2 Å². The monoisotopic (exact) mass is 299 g/mol. The topological polar surface area (TPSA) is 35.2 Å². The van der Waals surface area contributed by atoms with E-state index in [1.807, 2.05) is 0 Å². The lowest BCUT2D eigenvalue weighted by Gasteiger charge is -2.17. The van der Waals surface area contributed by atoms with Crippen molar-refractivity contribution in [2.45, 2.75) is 19.3 Å². The third-order valence-corrected chi connectivity index (χ3v) is 3.02. The van der Waals surface area contributed by atoms with Crippen LogP contribution in [0.4, 0.5) is 17.6 Å². The first-order valence-corrected chi connectivity index (χ1v) is 6.13. The summed E-state index contributed by atoms with van der Waals surface area (Å²) in [6, 6.07) is 8.88. The van der Waals surface area contributed by atoms with Gasteiger partial charge in [-0.3, -0.25) is 0 Å². The molecule has 21 heavy (non-hydrogen) atoms. The summed E-state index contributed by atoms with van der Waals surface area (Å²) in [4.78, 5) is 0. The average molecular weight is 299 g/mol. The van der Waals surface area contributed by atoms with Crippen LogP contribution >= 0.6 is 0 Å². The minimum Gasteiger partial charge on any atom is -0.406 e. The Morgan fingerprint density at radius 2 is 1.81 bits per heavy atom. The summed E-state index contributed by atoms with van der Waals surface area (Å²) < 4.78 is 53.6. The summed E-state index contributed by atoms with van der Waals surface area (Å²) in [6.45, 7) is 1.69. The molecule has 1 unspecified atom stereocenters. The summed E-state index contributed by atoms with van der Waals surface area (Å²) in [5.74, 6) is -0.729. The molecule has 0 amide bonds. The Hall–Kier alpha value is -2.08. The van der Waals surface area contributed by atoms with Crippen LogP contribution in [-0.4, -0.2) is 6.36 Å². The first-order valence-electron chi connectivity index (χ1n) is 6.13. The van der Waals surface area contributed by atoms with E-state index in [1.54, 1.807) is 13.0 Å². The van der Waals surface area contributed by atoms with Crippen molar-refractivity contribution < 1.29 is 22.3 Å². The molecule has 0 aliphatic rings. The van der Waals surface area contributed by atoms with Gasteiger partial charge in [0.2, 0.25) is 0 Å². The molecule has 6 heteroatoms. The maximum Gasteiger partial charge on any atom is 0.573 e. The lowest BCUT2D eigenvalue weighted by Crippen LogP contribution is -2.18. The third kappa shape index (κ3) is 3.95. The van der Waals surface area contributed by atoms with Crippen molar-refractivity contribution >= 4 is 0 Å². The van der Waals surface area contributed by atoms with Crippen LogP contribution in [0.25, 0.3) is 0 Å². The van der Waals surface area contributed by atoms with E-state index in [2.05, 4.69) is 4.74 Å². The summed E-state index contributed by atoms with van der Waals surface area (Å²) in [5, 5.41) is 0. The van der Waals surface area contributed by atoms with Crippen LogP contribution < -0.4 is 10.5 Å². The molecule has 0 spiro atoms. The van der Waals surface area contributed by atoms with Crippen LogP contribution in [0, 0.1) is 12.7 Å². The zero-order valence-electron chi connectivity index (χ0n) is 11.1. The molecular weight excluding hydrogens is 286 g/mol. The standard InChI is InChI=1S/C15H13F4NO/c1-9-7-11(16)5-6-13(9)14(20)10-3-2-4-12(8-10)21-15(17,18)19/h2-8,14H,20H2,1H3. The van der Waals surface area contributed by atoms with Crippen molar-refractivity contribution in [3.8, 4) is 5.75 Å². The van der Waals surface area contributed by atoms with Gasteiger partial charge in [0.1, 0.15) is 11.6 Å². The van der Waals surface area contributed by atoms with Crippen molar-refractivity contribution in [2.75, 3.05) is 0 Å². The molecular formula is C15H13F4NO. The van der Waals surface area contributed by atoms with E-state index >= 15 is 0 Å². The van der Waals surface area contributed by atoms with Gasteiger partial charge in [-0.25, -0.2) is 4.39 Å². The zero-order chi connectivity index (χ0) is 15.6. The minimum atomic E-state index is -4.76. The SMILES string of the molecule is Cc1cc(F)ccc1C(N)c1cccc(OC(F)(F)F)c1. The highest BCUT2D eigenvalue weighted by atomic mass is 19.4. The largest absolute Gasteiger partial charge is 0.573 e. The van der Waals surface area contributed by atoms with Gasteiger partial charge in [0, 0.05) is 0 Å². The lowest BCUT2D eigenvalue weighted by molar-refractivity contribution is -0.274. The Morgan fingerprint density at radius 1 is 1.10 bits per heavy atom. The first-order chi connectivity index (χ1) is 9.76. The van der Waals surface area contributed by atoms with Crippen LogP contribution in [-0.2, 0) is 0 Å². The van der Waals surface area contributed by atoms with Gasteiger partial charge in [-0.05, 0) is 47.9 Å². The molecule has 0 saturated heterocycles. The number of benzene rings is 2. The Balaban J connectivity index is 2.31. The highest BCUT2D eigenvalue weighted by molar-refractivity contribution is 5.39. The number of hydrogen-bond donors (Lipinski definition) is 1. The fraction of sp³-hybridized carbons (Fsp3) is 0.200. The van der Waals surface area contributed by atoms with Crippen molar-refractivity contribution in [1.82, 2.24) is 0 Å². The van der Waals surface area contributed by atoms with E-state index in [0.717, 1.165) is 0 Å². The van der Waals surface area contributed by atoms with Gasteiger partial charge in [-0.15, -0.1) is 13.2 Å². The van der Waals surface area contributed by atoms with Gasteiger partial charge >= 0.3 is 6.36 Å². The maximum absolute atomic E-state index is 13.1. The predicted molar refractivity (Wildman–Crippen MR) is 70.3 cm³/mol. The normalized spacial score (nSPS) is 13.0. The van der Waals surface area contributed by atoms with Crippen LogP contribution in [0.1, 0.15) is 22.7 Å². The molecule has 0 aromatic heterocycles. The van der Waals surface area contributed by atoms with Crippen LogP contribution in [0.15, 0.2) is 42.5 Å². The quantitative estimate of drug-likeness (QED) is 0.867. The highest BCUT2D eigenvalue weighted by Crippen LogP contribution is 2.28. The molecule has 0 fully saturated rings. The second kappa shape index (κ2) is 5.73. The maximum atomic E-state index is 13.1. The summed E-state index contributed by atoms with van der Waals surface area (Å²) >= 11 is 0. The fourth-order valence-electron chi connectivity index (χ4n) is 2.07. The number of alkyl halides is 3. The molecule has 0 radical (unpaired) electrons. The third-order valence-electron chi connectivity index (χ3n) is 3.02. The molecule has 0 heterocycles. The molecule has 0 aliphatic heterocycles. The van der Waals surface area contributed by atoms with E-state index < -0.39 is 18.2 Å². The van der Waals surface area contributed by atoms with Crippen molar-refractivity contribution in [1.29, 1.82) is 0 Å². The molecule has 2 aromatic rings. The first kappa shape index (κ1) is 15.3. The molecule has 112 valence electrons. The zero-order valence-corrected chi connectivity index (χ0v) is 11.1. The molecule has 2 aromatic carbocycles. The number of nitrogens with two attached hydrogens (primary N) is 1.